The lowest BCUT2D eigenvalue weighted by molar-refractivity contribution is -0.121. The van der Waals surface area contributed by atoms with Crippen molar-refractivity contribution in [2.45, 2.75) is 38.6 Å². The number of anilines is 1. The molecule has 1 fully saturated rings. The zero-order valence-corrected chi connectivity index (χ0v) is 15.6. The normalized spacial score (nSPS) is 14.0. The molecule has 0 saturated heterocycles. The third kappa shape index (κ3) is 5.28. The Labute approximate surface area is 162 Å². The van der Waals surface area contributed by atoms with Crippen LogP contribution in [0, 0.1) is 11.7 Å². The number of nitrogens with one attached hydrogen (secondary N) is 2. The first-order valence-corrected chi connectivity index (χ1v) is 9.56. The Morgan fingerprint density at radius 3 is 2.54 bits per heavy atom. The van der Waals surface area contributed by atoms with Crippen LogP contribution in [0.1, 0.15) is 42.5 Å². The lowest BCUT2D eigenvalue weighted by atomic mass is 10.0. The molecule has 2 aromatic rings. The number of rotatable bonds is 7. The standard InChI is InChI=1S/C21H24FN3O3/c22-16-7-9-17(10-8-16)24-20(27)18-6-3-13-25(21(18)28)14-19(26)23-12-11-15-4-1-2-5-15/h3,6-10,13,15H,1-2,4-5,11-12,14H2,(H,23,26)(H,24,27). The number of halogens is 1. The van der Waals surface area contributed by atoms with E-state index >= 15 is 0 Å². The minimum absolute atomic E-state index is 0.0782. The van der Waals surface area contributed by atoms with Crippen molar-refractivity contribution >= 4 is 17.5 Å². The molecule has 7 heteroatoms. The van der Waals surface area contributed by atoms with Crippen molar-refractivity contribution < 1.29 is 14.0 Å². The van der Waals surface area contributed by atoms with Gasteiger partial charge in [0.25, 0.3) is 11.5 Å². The smallest absolute Gasteiger partial charge is 0.263 e. The van der Waals surface area contributed by atoms with Crippen LogP contribution in [0.2, 0.25) is 0 Å². The number of pyridine rings is 1. The zero-order valence-electron chi connectivity index (χ0n) is 15.6. The van der Waals surface area contributed by atoms with Crippen molar-refractivity contribution in [3.8, 4) is 0 Å². The predicted octanol–water partition coefficient (Wildman–Crippen LogP) is 2.94. The van der Waals surface area contributed by atoms with Crippen LogP contribution in [0.25, 0.3) is 0 Å². The molecule has 0 radical (unpaired) electrons. The number of hydrogen-bond donors (Lipinski definition) is 2. The van der Waals surface area contributed by atoms with E-state index in [2.05, 4.69) is 10.6 Å². The molecule has 2 amide bonds. The number of amides is 2. The average Bonchev–Trinajstić information content (AvgIpc) is 3.19. The highest BCUT2D eigenvalue weighted by Gasteiger charge is 2.16. The number of nitrogens with zero attached hydrogens (tertiary/aromatic N) is 1. The summed E-state index contributed by atoms with van der Waals surface area (Å²) in [7, 11) is 0. The molecule has 1 saturated carbocycles. The number of hydrogen-bond acceptors (Lipinski definition) is 3. The largest absolute Gasteiger partial charge is 0.355 e. The summed E-state index contributed by atoms with van der Waals surface area (Å²) in [6.45, 7) is 0.462. The number of carbonyl (C=O) groups is 2. The Hall–Kier alpha value is -2.96. The van der Waals surface area contributed by atoms with E-state index in [-0.39, 0.29) is 18.0 Å². The lowest BCUT2D eigenvalue weighted by Gasteiger charge is -2.11. The van der Waals surface area contributed by atoms with Gasteiger partial charge in [-0.2, -0.15) is 0 Å². The maximum atomic E-state index is 13.0. The highest BCUT2D eigenvalue weighted by atomic mass is 19.1. The van der Waals surface area contributed by atoms with Crippen molar-refractivity contribution in [3.05, 3.63) is 64.3 Å². The third-order valence-corrected chi connectivity index (χ3v) is 5.03. The van der Waals surface area contributed by atoms with Crippen LogP contribution < -0.4 is 16.2 Å². The Bertz CT molecular complexity index is 887. The molecular formula is C21H24FN3O3. The summed E-state index contributed by atoms with van der Waals surface area (Å²) in [6.07, 6.45) is 7.41. The summed E-state index contributed by atoms with van der Waals surface area (Å²) in [5.74, 6) is -0.593. The van der Waals surface area contributed by atoms with E-state index in [1.165, 1.54) is 66.8 Å². The van der Waals surface area contributed by atoms with Gasteiger partial charge < -0.3 is 15.2 Å². The molecule has 1 aromatic heterocycles. The first-order chi connectivity index (χ1) is 13.5. The summed E-state index contributed by atoms with van der Waals surface area (Å²) in [5, 5.41) is 5.40. The maximum absolute atomic E-state index is 13.0. The van der Waals surface area contributed by atoms with E-state index in [0.717, 1.165) is 6.42 Å². The molecule has 2 N–H and O–H groups in total. The van der Waals surface area contributed by atoms with Gasteiger partial charge in [0, 0.05) is 18.4 Å². The zero-order chi connectivity index (χ0) is 19.9. The lowest BCUT2D eigenvalue weighted by Crippen LogP contribution is -2.35. The monoisotopic (exact) mass is 385 g/mol. The van der Waals surface area contributed by atoms with E-state index in [1.54, 1.807) is 6.07 Å². The second-order valence-electron chi connectivity index (χ2n) is 7.11. The highest BCUT2D eigenvalue weighted by molar-refractivity contribution is 6.04. The van der Waals surface area contributed by atoms with Crippen molar-refractivity contribution in [1.82, 2.24) is 9.88 Å². The average molecular weight is 385 g/mol. The molecular weight excluding hydrogens is 361 g/mol. The van der Waals surface area contributed by atoms with Gasteiger partial charge in [-0.25, -0.2) is 4.39 Å². The van der Waals surface area contributed by atoms with Gasteiger partial charge in [0.05, 0.1) is 0 Å². The third-order valence-electron chi connectivity index (χ3n) is 5.03. The molecule has 0 aliphatic heterocycles. The maximum Gasteiger partial charge on any atom is 0.263 e. The summed E-state index contributed by atoms with van der Waals surface area (Å²) < 4.78 is 14.2. The molecule has 6 nitrogen and oxygen atoms in total. The molecule has 28 heavy (non-hydrogen) atoms. The van der Waals surface area contributed by atoms with E-state index in [9.17, 15) is 18.8 Å². The number of benzene rings is 1. The van der Waals surface area contributed by atoms with Gasteiger partial charge in [-0.05, 0) is 48.7 Å². The van der Waals surface area contributed by atoms with Gasteiger partial charge in [-0.1, -0.05) is 25.7 Å². The Balaban J connectivity index is 1.58. The SMILES string of the molecule is O=C(Cn1cccc(C(=O)Nc2ccc(F)cc2)c1=O)NCCC1CCCC1. The molecule has 0 spiro atoms. The Morgan fingerprint density at radius 2 is 1.82 bits per heavy atom. The van der Waals surface area contributed by atoms with Gasteiger partial charge in [-0.15, -0.1) is 0 Å². The summed E-state index contributed by atoms with van der Waals surface area (Å²) >= 11 is 0. The van der Waals surface area contributed by atoms with Gasteiger partial charge in [-0.3, -0.25) is 14.4 Å². The summed E-state index contributed by atoms with van der Waals surface area (Å²) in [5.41, 5.74) is -0.246. The van der Waals surface area contributed by atoms with Crippen LogP contribution >= 0.6 is 0 Å². The Kier molecular flexibility index (Phi) is 6.57. The highest BCUT2D eigenvalue weighted by Crippen LogP contribution is 2.26. The van der Waals surface area contributed by atoms with Crippen LogP contribution in [0.4, 0.5) is 10.1 Å². The summed E-state index contributed by atoms with van der Waals surface area (Å²) in [6, 6.07) is 8.20. The van der Waals surface area contributed by atoms with E-state index in [1.807, 2.05) is 0 Å². The Morgan fingerprint density at radius 1 is 1.11 bits per heavy atom. The fourth-order valence-electron chi connectivity index (χ4n) is 3.49. The van der Waals surface area contributed by atoms with Crippen LogP contribution in [0.3, 0.4) is 0 Å². The quantitative estimate of drug-likeness (QED) is 0.769. The minimum atomic E-state index is -0.604. The molecule has 148 valence electrons. The number of aromatic nitrogens is 1. The van der Waals surface area contributed by atoms with Gasteiger partial charge in [0.15, 0.2) is 0 Å². The summed E-state index contributed by atoms with van der Waals surface area (Å²) in [4.78, 5) is 37.0. The van der Waals surface area contributed by atoms with E-state index in [4.69, 9.17) is 0 Å². The van der Waals surface area contributed by atoms with Crippen molar-refractivity contribution in [2.24, 2.45) is 5.92 Å². The van der Waals surface area contributed by atoms with Crippen molar-refractivity contribution in [1.29, 1.82) is 0 Å². The van der Waals surface area contributed by atoms with Crippen LogP contribution in [0.5, 0.6) is 0 Å². The second kappa shape index (κ2) is 9.30. The molecule has 0 bridgehead atoms. The first kappa shape index (κ1) is 19.8. The number of carbonyl (C=O) groups excluding carboxylic acids is 2. The molecule has 0 atom stereocenters. The van der Waals surface area contributed by atoms with Crippen molar-refractivity contribution in [2.75, 3.05) is 11.9 Å². The van der Waals surface area contributed by atoms with Crippen LogP contribution in [-0.2, 0) is 11.3 Å². The van der Waals surface area contributed by atoms with Gasteiger partial charge >= 0.3 is 0 Å². The topological polar surface area (TPSA) is 80.2 Å². The fourth-order valence-corrected chi connectivity index (χ4v) is 3.49. The molecule has 1 aliphatic rings. The molecule has 1 aliphatic carbocycles. The predicted molar refractivity (Wildman–Crippen MR) is 105 cm³/mol. The molecule has 3 rings (SSSR count). The van der Waals surface area contributed by atoms with Crippen molar-refractivity contribution in [3.63, 3.8) is 0 Å². The molecule has 0 unspecified atom stereocenters. The van der Waals surface area contributed by atoms with E-state index in [0.29, 0.717) is 18.2 Å². The molecule has 1 heterocycles. The fraction of sp³-hybridized carbons (Fsp3) is 0.381. The van der Waals surface area contributed by atoms with Gasteiger partial charge in [0.2, 0.25) is 5.91 Å². The van der Waals surface area contributed by atoms with Crippen LogP contribution in [-0.4, -0.2) is 22.9 Å². The van der Waals surface area contributed by atoms with Crippen LogP contribution in [0.15, 0.2) is 47.4 Å². The minimum Gasteiger partial charge on any atom is -0.355 e. The van der Waals surface area contributed by atoms with E-state index < -0.39 is 17.3 Å². The first-order valence-electron chi connectivity index (χ1n) is 9.56. The molecule has 1 aromatic carbocycles. The van der Waals surface area contributed by atoms with Gasteiger partial charge in [0.1, 0.15) is 17.9 Å². The second-order valence-corrected chi connectivity index (χ2v) is 7.11.